The van der Waals surface area contributed by atoms with Gasteiger partial charge in [0.15, 0.2) is 0 Å². The third-order valence-corrected chi connectivity index (χ3v) is 3.04. The Bertz CT molecular complexity index is 444. The summed E-state index contributed by atoms with van der Waals surface area (Å²) in [6, 6.07) is 0. The van der Waals surface area contributed by atoms with Gasteiger partial charge in [0.2, 0.25) is 5.91 Å². The van der Waals surface area contributed by atoms with Crippen LogP contribution < -0.4 is 0 Å². The summed E-state index contributed by atoms with van der Waals surface area (Å²) in [5.41, 5.74) is 0. The van der Waals surface area contributed by atoms with E-state index < -0.39 is 12.0 Å². The average Bonchev–Trinajstić information content (AvgIpc) is 2.70. The van der Waals surface area contributed by atoms with Crippen LogP contribution >= 0.6 is 22.6 Å². The molecule has 94 valence electrons. The maximum Gasteiger partial charge on any atom is 0.453 e. The first-order chi connectivity index (χ1) is 7.91. The third-order valence-electron chi connectivity index (χ3n) is 2.38. The maximum absolute atomic E-state index is 12.4. The van der Waals surface area contributed by atoms with E-state index >= 15 is 0 Å². The molecular formula is C8H8F3IN4O. The van der Waals surface area contributed by atoms with Crippen LogP contribution in [0.15, 0.2) is 0 Å². The van der Waals surface area contributed by atoms with E-state index in [0.29, 0.717) is 11.0 Å². The average molecular weight is 360 g/mol. The number of rotatable bonds is 1. The van der Waals surface area contributed by atoms with Gasteiger partial charge in [-0.1, -0.05) is 22.6 Å². The number of carbonyl (C=O) groups is 1. The highest BCUT2D eigenvalue weighted by Crippen LogP contribution is 2.27. The fourth-order valence-electron chi connectivity index (χ4n) is 1.55. The minimum absolute atomic E-state index is 0.0882. The van der Waals surface area contributed by atoms with Crippen molar-refractivity contribution in [1.29, 1.82) is 0 Å². The Morgan fingerprint density at radius 2 is 2.12 bits per heavy atom. The van der Waals surface area contributed by atoms with Gasteiger partial charge in [-0.05, 0) is 0 Å². The van der Waals surface area contributed by atoms with Crippen LogP contribution in [0.1, 0.15) is 11.6 Å². The summed E-state index contributed by atoms with van der Waals surface area (Å²) in [6.07, 6.45) is -4.54. The molecule has 0 bridgehead atoms. The van der Waals surface area contributed by atoms with E-state index in [-0.39, 0.29) is 24.8 Å². The van der Waals surface area contributed by atoms with Gasteiger partial charge >= 0.3 is 6.18 Å². The van der Waals surface area contributed by atoms with Crippen molar-refractivity contribution in [2.24, 2.45) is 0 Å². The number of nitrogens with zero attached hydrogens (tertiary/aromatic N) is 4. The number of carbonyl (C=O) groups excluding carboxylic acids is 1. The minimum Gasteiger partial charge on any atom is -0.333 e. The van der Waals surface area contributed by atoms with E-state index in [9.17, 15) is 18.0 Å². The number of hydrogen-bond acceptors (Lipinski definition) is 3. The molecule has 2 heterocycles. The first-order valence-corrected chi connectivity index (χ1v) is 6.29. The number of amides is 1. The predicted octanol–water partition coefficient (Wildman–Crippen LogP) is 1.07. The summed E-state index contributed by atoms with van der Waals surface area (Å²) in [4.78, 5) is 16.3. The molecule has 0 saturated heterocycles. The van der Waals surface area contributed by atoms with E-state index in [4.69, 9.17) is 0 Å². The molecule has 9 heteroatoms. The SMILES string of the molecule is O=C(CI)N1CCn2nc(C(F)(F)F)nc2C1. The van der Waals surface area contributed by atoms with Crippen LogP contribution in [0.2, 0.25) is 0 Å². The van der Waals surface area contributed by atoms with E-state index in [0.717, 1.165) is 0 Å². The lowest BCUT2D eigenvalue weighted by Gasteiger charge is -2.25. The van der Waals surface area contributed by atoms with Gasteiger partial charge < -0.3 is 4.90 Å². The molecule has 1 aliphatic heterocycles. The van der Waals surface area contributed by atoms with Crippen molar-refractivity contribution in [1.82, 2.24) is 19.7 Å². The second-order valence-electron chi connectivity index (χ2n) is 3.52. The molecule has 2 rings (SSSR count). The molecule has 1 aliphatic rings. The van der Waals surface area contributed by atoms with Crippen molar-refractivity contribution in [3.63, 3.8) is 0 Å². The van der Waals surface area contributed by atoms with Crippen LogP contribution in [0.4, 0.5) is 13.2 Å². The lowest BCUT2D eigenvalue weighted by atomic mass is 10.3. The van der Waals surface area contributed by atoms with E-state index in [1.807, 2.05) is 22.6 Å². The van der Waals surface area contributed by atoms with Crippen molar-refractivity contribution >= 4 is 28.5 Å². The summed E-state index contributed by atoms with van der Waals surface area (Å²) >= 11 is 1.92. The van der Waals surface area contributed by atoms with Crippen molar-refractivity contribution in [2.75, 3.05) is 11.0 Å². The molecule has 5 nitrogen and oxygen atoms in total. The van der Waals surface area contributed by atoms with Gasteiger partial charge in [0.1, 0.15) is 5.82 Å². The largest absolute Gasteiger partial charge is 0.453 e. The molecule has 17 heavy (non-hydrogen) atoms. The summed E-state index contributed by atoms with van der Waals surface area (Å²) in [7, 11) is 0. The van der Waals surface area contributed by atoms with Crippen LogP contribution in [0.25, 0.3) is 0 Å². The van der Waals surface area contributed by atoms with Gasteiger partial charge in [0, 0.05) is 6.54 Å². The summed E-state index contributed by atoms with van der Waals surface area (Å²) in [6.45, 7) is 0.710. The third kappa shape index (κ3) is 2.53. The molecule has 1 aromatic heterocycles. The number of halogens is 4. The molecule has 0 unspecified atom stereocenters. The molecule has 0 aliphatic carbocycles. The molecular weight excluding hydrogens is 352 g/mol. The van der Waals surface area contributed by atoms with Crippen LogP contribution in [0.5, 0.6) is 0 Å². The Kier molecular flexibility index (Phi) is 3.27. The topological polar surface area (TPSA) is 51.0 Å². The van der Waals surface area contributed by atoms with Gasteiger partial charge in [0.25, 0.3) is 5.82 Å². The fourth-order valence-corrected chi connectivity index (χ4v) is 2.04. The minimum atomic E-state index is -4.54. The van der Waals surface area contributed by atoms with Crippen molar-refractivity contribution in [2.45, 2.75) is 19.3 Å². The molecule has 0 fully saturated rings. The van der Waals surface area contributed by atoms with E-state index in [1.165, 1.54) is 9.58 Å². The predicted molar refractivity (Wildman–Crippen MR) is 59.3 cm³/mol. The molecule has 0 atom stereocenters. The Hall–Kier alpha value is -0.870. The first-order valence-electron chi connectivity index (χ1n) is 4.76. The van der Waals surface area contributed by atoms with E-state index in [2.05, 4.69) is 10.1 Å². The smallest absolute Gasteiger partial charge is 0.333 e. The number of aromatic nitrogens is 3. The molecule has 1 aromatic rings. The van der Waals surface area contributed by atoms with Crippen molar-refractivity contribution in [3.8, 4) is 0 Å². The highest BCUT2D eigenvalue weighted by atomic mass is 127. The van der Waals surface area contributed by atoms with Crippen LogP contribution in [-0.2, 0) is 24.1 Å². The van der Waals surface area contributed by atoms with Crippen molar-refractivity contribution < 1.29 is 18.0 Å². The molecule has 0 spiro atoms. The Labute approximate surface area is 108 Å². The highest BCUT2D eigenvalue weighted by molar-refractivity contribution is 14.1. The van der Waals surface area contributed by atoms with Crippen molar-refractivity contribution in [3.05, 3.63) is 11.6 Å². The van der Waals surface area contributed by atoms with Gasteiger partial charge in [-0.2, -0.15) is 13.2 Å². The fraction of sp³-hybridized carbons (Fsp3) is 0.625. The zero-order valence-corrected chi connectivity index (χ0v) is 10.7. The molecule has 0 radical (unpaired) electrons. The molecule has 0 saturated carbocycles. The standard InChI is InChI=1S/C8H8F3IN4O/c9-8(10,11)7-13-5-4-15(6(17)3-12)1-2-16(5)14-7/h1-4H2. The number of alkyl halides is 4. The molecule has 1 amide bonds. The van der Waals surface area contributed by atoms with Gasteiger partial charge in [0.05, 0.1) is 17.5 Å². The lowest BCUT2D eigenvalue weighted by molar-refractivity contribution is -0.145. The van der Waals surface area contributed by atoms with Crippen LogP contribution in [-0.4, -0.2) is 36.5 Å². The zero-order valence-electron chi connectivity index (χ0n) is 8.54. The Morgan fingerprint density at radius 1 is 1.41 bits per heavy atom. The maximum atomic E-state index is 12.4. The Morgan fingerprint density at radius 3 is 2.71 bits per heavy atom. The van der Waals surface area contributed by atoms with E-state index in [1.54, 1.807) is 0 Å². The molecule has 0 aromatic carbocycles. The molecule has 0 N–H and O–H groups in total. The summed E-state index contributed by atoms with van der Waals surface area (Å²) < 4.78 is 38.6. The normalized spacial score (nSPS) is 15.9. The highest BCUT2D eigenvalue weighted by Gasteiger charge is 2.38. The summed E-state index contributed by atoms with van der Waals surface area (Å²) in [5.74, 6) is -1.06. The van der Waals surface area contributed by atoms with Gasteiger partial charge in [-0.15, -0.1) is 5.10 Å². The van der Waals surface area contributed by atoms with Gasteiger partial charge in [-0.3, -0.25) is 4.79 Å². The zero-order chi connectivity index (χ0) is 12.6. The van der Waals surface area contributed by atoms with Crippen LogP contribution in [0, 0.1) is 0 Å². The second-order valence-corrected chi connectivity index (χ2v) is 4.28. The Balaban J connectivity index is 2.21. The van der Waals surface area contributed by atoms with Crippen LogP contribution in [0.3, 0.4) is 0 Å². The quantitative estimate of drug-likeness (QED) is 0.556. The van der Waals surface area contributed by atoms with Gasteiger partial charge in [-0.25, -0.2) is 9.67 Å². The monoisotopic (exact) mass is 360 g/mol. The second kappa shape index (κ2) is 4.42. The number of hydrogen-bond donors (Lipinski definition) is 0. The lowest BCUT2D eigenvalue weighted by Crippen LogP contribution is -2.39. The number of fused-ring (bicyclic) bond motifs is 1. The first kappa shape index (κ1) is 12.6. The summed E-state index contributed by atoms with van der Waals surface area (Å²) in [5, 5.41) is 3.38.